The van der Waals surface area contributed by atoms with Gasteiger partial charge in [0.05, 0.1) is 37.6 Å². The van der Waals surface area contributed by atoms with Gasteiger partial charge in [-0.1, -0.05) is 18.7 Å². The summed E-state index contributed by atoms with van der Waals surface area (Å²) in [4.78, 5) is 44.9. The van der Waals surface area contributed by atoms with Crippen molar-refractivity contribution in [3.05, 3.63) is 75.4 Å². The van der Waals surface area contributed by atoms with E-state index in [1.807, 2.05) is 27.0 Å². The van der Waals surface area contributed by atoms with Gasteiger partial charge in [-0.05, 0) is 68.1 Å². The lowest BCUT2D eigenvalue weighted by Crippen LogP contribution is -2.69. The molecule has 0 saturated carbocycles. The minimum atomic E-state index is -1.45. The molecule has 0 aliphatic carbocycles. The number of methoxy groups -OCH3 is 2. The molecule has 3 aromatic rings. The number of carbonyl (C=O) groups excluding carboxylic acids is 3. The first-order chi connectivity index (χ1) is 29.4. The van der Waals surface area contributed by atoms with E-state index in [0.29, 0.717) is 70.2 Å². The second kappa shape index (κ2) is 15.4. The SMILES string of the molecule is C=CCOC(=O)Oc1cc2c(cc1OC)[C@@]1(CS[C@@H]3c4c(OC(C)=O)c(C)c5c(c4[C@@H](COC1=O)N1C3[C@H]3c4c(cc(C)c(OC)c4O)C[C@@H]([C@@H]1C#N)N3C)OCO5)NCC2. The minimum absolute atomic E-state index is 0.0210. The van der Waals surface area contributed by atoms with Gasteiger partial charge in [0.15, 0.2) is 40.0 Å². The second-order valence-electron chi connectivity index (χ2n) is 16.0. The number of nitriles is 1. The summed E-state index contributed by atoms with van der Waals surface area (Å²) in [5.41, 5.74) is 4.06. The zero-order valence-electron chi connectivity index (χ0n) is 34.6. The molecule has 3 aromatic carbocycles. The number of aryl methyl sites for hydroxylation is 1. The molecule has 0 radical (unpaired) electrons. The predicted molar refractivity (Wildman–Crippen MR) is 218 cm³/mol. The monoisotopic (exact) mass is 854 g/mol. The number of carbonyl (C=O) groups is 3. The van der Waals surface area contributed by atoms with E-state index in [1.54, 1.807) is 12.1 Å². The van der Waals surface area contributed by atoms with E-state index >= 15 is 0 Å². The number of ether oxygens (including phenoxy) is 8. The highest BCUT2D eigenvalue weighted by Crippen LogP contribution is 2.64. The molecule has 7 aliphatic rings. The van der Waals surface area contributed by atoms with Gasteiger partial charge >= 0.3 is 18.1 Å². The van der Waals surface area contributed by atoms with Crippen LogP contribution in [-0.2, 0) is 37.4 Å². The van der Waals surface area contributed by atoms with E-state index in [0.717, 1.165) is 16.7 Å². The van der Waals surface area contributed by atoms with Crippen LogP contribution in [0.25, 0.3) is 0 Å². The third kappa shape index (κ3) is 6.09. The van der Waals surface area contributed by atoms with Gasteiger partial charge in [0.25, 0.3) is 0 Å². The zero-order chi connectivity index (χ0) is 43.1. The highest BCUT2D eigenvalue weighted by Gasteiger charge is 2.62. The Balaban J connectivity index is 1.27. The van der Waals surface area contributed by atoms with Gasteiger partial charge in [-0.25, -0.2) is 9.59 Å². The number of hydrogen-bond acceptors (Lipinski definition) is 17. The van der Waals surface area contributed by atoms with Gasteiger partial charge < -0.3 is 43.0 Å². The molecule has 2 N–H and O–H groups in total. The van der Waals surface area contributed by atoms with Crippen molar-refractivity contribution < 1.29 is 57.4 Å². The Morgan fingerprint density at radius 3 is 2.57 bits per heavy atom. The molecule has 320 valence electrons. The summed E-state index contributed by atoms with van der Waals surface area (Å²) in [6.07, 6.45) is 1.44. The number of phenols is 1. The Labute approximate surface area is 356 Å². The summed E-state index contributed by atoms with van der Waals surface area (Å²) >= 11 is 1.45. The molecule has 1 unspecified atom stereocenters. The number of hydrogen-bond donors (Lipinski definition) is 2. The van der Waals surface area contributed by atoms with Crippen LogP contribution >= 0.6 is 11.8 Å². The van der Waals surface area contributed by atoms with E-state index in [-0.39, 0.29) is 49.0 Å². The highest BCUT2D eigenvalue weighted by molar-refractivity contribution is 7.99. The van der Waals surface area contributed by atoms with Crippen molar-refractivity contribution in [3.63, 3.8) is 0 Å². The van der Waals surface area contributed by atoms with Gasteiger partial charge in [0, 0.05) is 53.6 Å². The standard InChI is InChI=1S/C44H46N4O12S/c1-8-11-55-43(52)60-30-14-23-9-10-46-44(25(23)15-29(30)53-6)18-61-41-33-32(40-39(57-19-58-40)21(3)38(33)59-22(4)49)28(17-56-42(44)51)48-27(16-45)26-13-24-12-20(2)37(54-7)36(50)31(24)34(35(41)48)47(26)5/h8,12,14-15,26-28,34-35,41,46,50H,1,9-11,13,17-19H2,2-7H3/t26-,27-,28+,34+,35?,41+,44+/m0/s1. The van der Waals surface area contributed by atoms with Gasteiger partial charge in [-0.15, -0.1) is 11.8 Å². The number of piperazine rings is 1. The largest absolute Gasteiger partial charge is 0.514 e. The molecule has 1 spiro atoms. The zero-order valence-corrected chi connectivity index (χ0v) is 35.4. The number of likely N-dealkylation sites (N-methyl/N-ethyl adjacent to an activating group) is 1. The number of benzene rings is 3. The van der Waals surface area contributed by atoms with E-state index < -0.39 is 53.1 Å². The lowest BCUT2D eigenvalue weighted by Gasteiger charge is -2.62. The molecule has 0 aromatic heterocycles. The fraction of sp³-hybridized carbons (Fsp3) is 0.455. The average molecular weight is 855 g/mol. The van der Waals surface area contributed by atoms with Crippen molar-refractivity contribution in [2.75, 3.05) is 53.6 Å². The summed E-state index contributed by atoms with van der Waals surface area (Å²) in [5, 5.41) is 26.2. The first kappa shape index (κ1) is 40.7. The molecule has 16 nitrogen and oxygen atoms in total. The van der Waals surface area contributed by atoms with Crippen molar-refractivity contribution >= 4 is 29.9 Å². The van der Waals surface area contributed by atoms with Crippen LogP contribution in [0.4, 0.5) is 4.79 Å². The smallest absolute Gasteiger partial charge is 0.504 e. The molecular formula is C44H46N4O12S. The van der Waals surface area contributed by atoms with E-state index in [2.05, 4.69) is 27.8 Å². The second-order valence-corrected chi connectivity index (χ2v) is 17.2. The third-order valence-electron chi connectivity index (χ3n) is 12.9. The van der Waals surface area contributed by atoms with Gasteiger partial charge in [0.1, 0.15) is 25.0 Å². The number of nitrogens with zero attached hydrogens (tertiary/aromatic N) is 3. The van der Waals surface area contributed by atoms with Crippen LogP contribution < -0.4 is 33.7 Å². The summed E-state index contributed by atoms with van der Waals surface area (Å²) in [7, 11) is 4.94. The molecule has 4 bridgehead atoms. The average Bonchev–Trinajstić information content (AvgIpc) is 3.73. The first-order valence-electron chi connectivity index (χ1n) is 20.0. The van der Waals surface area contributed by atoms with Crippen LogP contribution in [0.2, 0.25) is 0 Å². The molecule has 7 atom stereocenters. The molecule has 0 amide bonds. The van der Waals surface area contributed by atoms with Crippen molar-refractivity contribution in [2.24, 2.45) is 0 Å². The van der Waals surface area contributed by atoms with Crippen LogP contribution in [0, 0.1) is 25.2 Å². The lowest BCUT2D eigenvalue weighted by molar-refractivity contribution is -0.157. The molecule has 7 heterocycles. The molecule has 17 heteroatoms. The fourth-order valence-electron chi connectivity index (χ4n) is 10.5. The Hall–Kier alpha value is -5.67. The van der Waals surface area contributed by atoms with E-state index in [4.69, 9.17) is 37.9 Å². The molecule has 61 heavy (non-hydrogen) atoms. The number of aromatic hydroxyl groups is 1. The number of thioether (sulfide) groups is 1. The number of rotatable bonds is 6. The first-order valence-corrected chi connectivity index (χ1v) is 21.1. The van der Waals surface area contributed by atoms with Crippen molar-refractivity contribution in [2.45, 2.75) is 74.6 Å². The Morgan fingerprint density at radius 2 is 1.85 bits per heavy atom. The third-order valence-corrected chi connectivity index (χ3v) is 14.4. The normalized spacial score (nSPS) is 27.0. The fourth-order valence-corrected chi connectivity index (χ4v) is 12.2. The Kier molecular flexibility index (Phi) is 10.2. The maximum atomic E-state index is 15.0. The summed E-state index contributed by atoms with van der Waals surface area (Å²) < 4.78 is 47.0. The number of esters is 2. The highest BCUT2D eigenvalue weighted by atomic mass is 32.2. The summed E-state index contributed by atoms with van der Waals surface area (Å²) in [6.45, 7) is 8.64. The molecular weight excluding hydrogens is 809 g/mol. The van der Waals surface area contributed by atoms with E-state index in [9.17, 15) is 24.8 Å². The van der Waals surface area contributed by atoms with Gasteiger partial charge in [-0.3, -0.25) is 19.9 Å². The molecule has 7 aliphatic heterocycles. The predicted octanol–water partition coefficient (Wildman–Crippen LogP) is 4.98. The van der Waals surface area contributed by atoms with Gasteiger partial charge in [0.2, 0.25) is 6.79 Å². The summed E-state index contributed by atoms with van der Waals surface area (Å²) in [5.74, 6) is 0.845. The van der Waals surface area contributed by atoms with Crippen molar-refractivity contribution in [3.8, 4) is 46.3 Å². The van der Waals surface area contributed by atoms with Crippen LogP contribution in [0.15, 0.2) is 30.9 Å². The molecule has 10 rings (SSSR count). The van der Waals surface area contributed by atoms with Gasteiger partial charge in [-0.2, -0.15) is 5.26 Å². The van der Waals surface area contributed by atoms with Crippen molar-refractivity contribution in [1.29, 1.82) is 5.26 Å². The van der Waals surface area contributed by atoms with Crippen LogP contribution in [-0.4, -0.2) is 105 Å². The topological polar surface area (TPSA) is 188 Å². The Morgan fingerprint density at radius 1 is 1.07 bits per heavy atom. The molecule has 2 fully saturated rings. The van der Waals surface area contributed by atoms with Crippen LogP contribution in [0.1, 0.15) is 68.8 Å². The molecule has 2 saturated heterocycles. The van der Waals surface area contributed by atoms with E-state index in [1.165, 1.54) is 39.0 Å². The number of phenolic OH excluding ortho intramolecular Hbond substituents is 1. The van der Waals surface area contributed by atoms with Crippen molar-refractivity contribution in [1.82, 2.24) is 15.1 Å². The number of fused-ring (bicyclic) bond motifs is 9. The maximum absolute atomic E-state index is 15.0. The number of nitrogens with one attached hydrogen (secondary N) is 1. The minimum Gasteiger partial charge on any atom is -0.504 e. The summed E-state index contributed by atoms with van der Waals surface area (Å²) in [6, 6.07) is 5.10. The quantitative estimate of drug-likeness (QED) is 0.146. The Bertz CT molecular complexity index is 2440. The lowest BCUT2D eigenvalue weighted by atomic mass is 9.71. The van der Waals surface area contributed by atoms with Crippen LogP contribution in [0.5, 0.6) is 40.2 Å². The maximum Gasteiger partial charge on any atom is 0.514 e. The van der Waals surface area contributed by atoms with Crippen LogP contribution in [0.3, 0.4) is 0 Å².